The molecule has 0 aromatic heterocycles. The number of carbonyl (C=O) groups excluding carboxylic acids is 2. The molecule has 0 saturated heterocycles. The van der Waals surface area contributed by atoms with Gasteiger partial charge in [0.05, 0.1) is 0 Å². The van der Waals surface area contributed by atoms with Crippen LogP contribution in [0.5, 0.6) is 0 Å². The number of amides is 1. The lowest BCUT2D eigenvalue weighted by atomic mass is 9.98. The topological polar surface area (TPSA) is 58.2 Å². The highest BCUT2D eigenvalue weighted by molar-refractivity contribution is 5.80. The Kier molecular flexibility index (Phi) is 6.68. The largest absolute Gasteiger partial charge is 0.351 e. The van der Waals surface area contributed by atoms with Gasteiger partial charge in [0.2, 0.25) is 5.91 Å². The third kappa shape index (κ3) is 6.80. The molecule has 5 heteroatoms. The Labute approximate surface area is 131 Å². The van der Waals surface area contributed by atoms with E-state index in [1.165, 1.54) is 19.1 Å². The van der Waals surface area contributed by atoms with Crippen LogP contribution in [0.1, 0.15) is 52.1 Å². The summed E-state index contributed by atoms with van der Waals surface area (Å²) < 4.78 is 12.9. The van der Waals surface area contributed by atoms with Gasteiger partial charge >= 0.3 is 0 Å². The first-order chi connectivity index (χ1) is 10.2. The van der Waals surface area contributed by atoms with Crippen molar-refractivity contribution in [2.24, 2.45) is 0 Å². The zero-order valence-electron chi connectivity index (χ0n) is 13.7. The Morgan fingerprint density at radius 2 is 1.82 bits per heavy atom. The summed E-state index contributed by atoms with van der Waals surface area (Å²) in [5.74, 6) is -0.304. The van der Waals surface area contributed by atoms with Gasteiger partial charge in [-0.2, -0.15) is 0 Å². The minimum absolute atomic E-state index is 0.0404. The quantitative estimate of drug-likeness (QED) is 0.776. The summed E-state index contributed by atoms with van der Waals surface area (Å²) >= 11 is 0. The Balaban J connectivity index is 2.35. The van der Waals surface area contributed by atoms with Crippen LogP contribution in [0.4, 0.5) is 4.39 Å². The minimum atomic E-state index is -0.522. The van der Waals surface area contributed by atoms with Crippen LogP contribution < -0.4 is 10.6 Å². The van der Waals surface area contributed by atoms with Gasteiger partial charge in [-0.25, -0.2) is 4.39 Å². The number of halogens is 1. The first-order valence-electron chi connectivity index (χ1n) is 7.49. The second-order valence-corrected chi connectivity index (χ2v) is 6.29. The van der Waals surface area contributed by atoms with Crippen LogP contribution in [-0.4, -0.2) is 23.8 Å². The molecule has 0 bridgehead atoms. The molecule has 0 heterocycles. The molecule has 1 atom stereocenters. The highest BCUT2D eigenvalue weighted by Gasteiger charge is 2.21. The maximum absolute atomic E-state index is 12.9. The van der Waals surface area contributed by atoms with Crippen molar-refractivity contribution in [2.45, 2.75) is 52.1 Å². The van der Waals surface area contributed by atoms with Gasteiger partial charge in [-0.3, -0.25) is 9.59 Å². The third-order valence-corrected chi connectivity index (χ3v) is 3.34. The van der Waals surface area contributed by atoms with E-state index in [1.807, 2.05) is 20.8 Å². The van der Waals surface area contributed by atoms with E-state index in [1.54, 1.807) is 12.1 Å². The number of benzene rings is 1. The zero-order valence-corrected chi connectivity index (χ0v) is 13.7. The summed E-state index contributed by atoms with van der Waals surface area (Å²) in [4.78, 5) is 23.0. The van der Waals surface area contributed by atoms with E-state index in [-0.39, 0.29) is 23.5 Å². The van der Waals surface area contributed by atoms with Crippen molar-refractivity contribution in [1.29, 1.82) is 0 Å². The molecular formula is C17H25FN2O2. The Morgan fingerprint density at radius 3 is 2.36 bits per heavy atom. The summed E-state index contributed by atoms with van der Waals surface area (Å²) in [7, 11) is 0. The number of Topliss-reactive ketones (excluding diaryl/α,β-unsaturated/α-hetero) is 1. The van der Waals surface area contributed by atoms with Crippen LogP contribution in [0.2, 0.25) is 0 Å². The highest BCUT2D eigenvalue weighted by atomic mass is 19.1. The minimum Gasteiger partial charge on any atom is -0.351 e. The fourth-order valence-electron chi connectivity index (χ4n) is 2.38. The maximum atomic E-state index is 12.9. The van der Waals surface area contributed by atoms with Gasteiger partial charge in [0.15, 0.2) is 0 Å². The van der Waals surface area contributed by atoms with Crippen molar-refractivity contribution >= 4 is 11.7 Å². The normalized spacial score (nSPS) is 12.8. The molecule has 0 aliphatic rings. The van der Waals surface area contributed by atoms with Gasteiger partial charge in [-0.15, -0.1) is 0 Å². The van der Waals surface area contributed by atoms with E-state index in [9.17, 15) is 14.0 Å². The number of rotatable bonds is 8. The van der Waals surface area contributed by atoms with Crippen molar-refractivity contribution in [1.82, 2.24) is 10.6 Å². The molecule has 4 nitrogen and oxygen atoms in total. The monoisotopic (exact) mass is 308 g/mol. The Bertz CT molecular complexity index is 512. The molecule has 1 rings (SSSR count). The van der Waals surface area contributed by atoms with Crippen molar-refractivity contribution in [2.75, 3.05) is 6.54 Å². The molecule has 2 N–H and O–H groups in total. The van der Waals surface area contributed by atoms with Crippen LogP contribution >= 0.6 is 0 Å². The summed E-state index contributed by atoms with van der Waals surface area (Å²) in [5.41, 5.74) is 0.449. The smallest absolute Gasteiger partial charge is 0.221 e. The first-order valence-corrected chi connectivity index (χ1v) is 7.49. The molecular weight excluding hydrogens is 283 g/mol. The Morgan fingerprint density at radius 1 is 1.23 bits per heavy atom. The number of hydrogen-bond acceptors (Lipinski definition) is 3. The molecule has 0 fully saturated rings. The van der Waals surface area contributed by atoms with Crippen molar-refractivity contribution in [3.05, 3.63) is 35.6 Å². The van der Waals surface area contributed by atoms with Crippen LogP contribution in [0.15, 0.2) is 24.3 Å². The predicted molar refractivity (Wildman–Crippen MR) is 85.0 cm³/mol. The third-order valence-electron chi connectivity index (χ3n) is 3.34. The molecule has 0 saturated carbocycles. The van der Waals surface area contributed by atoms with Gasteiger partial charge in [0.1, 0.15) is 11.6 Å². The molecule has 0 aliphatic heterocycles. The highest BCUT2D eigenvalue weighted by Crippen LogP contribution is 2.13. The lowest BCUT2D eigenvalue weighted by molar-refractivity contribution is -0.123. The van der Waals surface area contributed by atoms with Crippen molar-refractivity contribution < 1.29 is 14.0 Å². The van der Waals surface area contributed by atoms with Crippen molar-refractivity contribution in [3.63, 3.8) is 0 Å². The predicted octanol–water partition coefficient (Wildman–Crippen LogP) is 2.74. The second kappa shape index (κ2) is 8.03. The first kappa shape index (κ1) is 18.3. The van der Waals surface area contributed by atoms with Crippen LogP contribution in [-0.2, 0) is 9.59 Å². The lowest BCUT2D eigenvalue weighted by Gasteiger charge is -2.25. The number of nitrogens with one attached hydrogen (secondary N) is 2. The fourth-order valence-corrected chi connectivity index (χ4v) is 2.38. The van der Waals surface area contributed by atoms with E-state index < -0.39 is 5.54 Å². The lowest BCUT2D eigenvalue weighted by Crippen LogP contribution is -2.45. The van der Waals surface area contributed by atoms with E-state index in [0.29, 0.717) is 19.4 Å². The van der Waals surface area contributed by atoms with Crippen molar-refractivity contribution in [3.8, 4) is 0 Å². The van der Waals surface area contributed by atoms with Gasteiger partial charge in [0, 0.05) is 31.0 Å². The average molecular weight is 308 g/mol. The van der Waals surface area contributed by atoms with E-state index in [4.69, 9.17) is 0 Å². The van der Waals surface area contributed by atoms with E-state index in [0.717, 1.165) is 5.56 Å². The molecule has 0 aliphatic carbocycles. The van der Waals surface area contributed by atoms with Gasteiger partial charge in [0.25, 0.3) is 0 Å². The maximum Gasteiger partial charge on any atom is 0.221 e. The number of ketones is 1. The average Bonchev–Trinajstić information content (AvgIpc) is 2.36. The summed E-state index contributed by atoms with van der Waals surface area (Å²) in [5, 5.41) is 6.08. The molecule has 22 heavy (non-hydrogen) atoms. The number of hydrogen-bond donors (Lipinski definition) is 2. The summed E-state index contributed by atoms with van der Waals surface area (Å²) in [6, 6.07) is 6.33. The SMILES string of the molecule is CC(=O)CC(C)(C)NC(=O)CCNC(C)c1ccc(F)cc1. The van der Waals surface area contributed by atoms with Gasteiger partial charge in [-0.1, -0.05) is 12.1 Å². The summed E-state index contributed by atoms with van der Waals surface area (Å²) in [6.45, 7) is 7.66. The molecule has 122 valence electrons. The second-order valence-electron chi connectivity index (χ2n) is 6.29. The molecule has 0 spiro atoms. The van der Waals surface area contributed by atoms with Gasteiger partial charge in [-0.05, 0) is 45.4 Å². The molecule has 1 aromatic carbocycles. The summed E-state index contributed by atoms with van der Waals surface area (Å²) in [6.07, 6.45) is 0.644. The van der Waals surface area contributed by atoms with E-state index in [2.05, 4.69) is 10.6 Å². The zero-order chi connectivity index (χ0) is 16.8. The van der Waals surface area contributed by atoms with E-state index >= 15 is 0 Å². The van der Waals surface area contributed by atoms with Gasteiger partial charge < -0.3 is 10.6 Å². The van der Waals surface area contributed by atoms with Crippen LogP contribution in [0, 0.1) is 5.82 Å². The van der Waals surface area contributed by atoms with Crippen LogP contribution in [0.3, 0.4) is 0 Å². The van der Waals surface area contributed by atoms with Crippen LogP contribution in [0.25, 0.3) is 0 Å². The number of carbonyl (C=O) groups is 2. The standard InChI is InChI=1S/C17H25FN2O2/c1-12(21)11-17(3,4)20-16(22)9-10-19-13(2)14-5-7-15(18)8-6-14/h5-8,13,19H,9-11H2,1-4H3,(H,20,22). The fraction of sp³-hybridized carbons (Fsp3) is 0.529. The molecule has 1 unspecified atom stereocenters. The Hall–Kier alpha value is -1.75. The molecule has 1 amide bonds. The molecule has 1 aromatic rings. The molecule has 0 radical (unpaired) electrons.